The lowest BCUT2D eigenvalue weighted by Crippen LogP contribution is -2.43. The first-order valence-electron chi connectivity index (χ1n) is 7.47. The Hall–Kier alpha value is -2.55. The first-order valence-corrected chi connectivity index (χ1v) is 8.26. The molecule has 0 fully saturated rings. The van der Waals surface area contributed by atoms with E-state index in [1.165, 1.54) is 19.1 Å². The number of para-hydroxylation sites is 1. The second-order valence-corrected chi connectivity index (χ2v) is 6.22. The molecule has 2 aromatic carbocycles. The van der Waals surface area contributed by atoms with Gasteiger partial charge in [0.05, 0.1) is 5.56 Å². The van der Waals surface area contributed by atoms with Crippen LogP contribution in [-0.2, 0) is 11.0 Å². The molecule has 0 saturated heterocycles. The van der Waals surface area contributed by atoms with Crippen LogP contribution in [0.3, 0.4) is 0 Å². The van der Waals surface area contributed by atoms with Gasteiger partial charge in [0, 0.05) is 15.8 Å². The lowest BCUT2D eigenvalue weighted by atomic mass is 10.2. The summed E-state index contributed by atoms with van der Waals surface area (Å²) in [5, 5.41) is 7.30. The van der Waals surface area contributed by atoms with Crippen LogP contribution in [0.4, 0.5) is 29.3 Å². The molecule has 9 heteroatoms. The van der Waals surface area contributed by atoms with Gasteiger partial charge in [-0.3, -0.25) is 4.79 Å². The zero-order chi connectivity index (χ0) is 19.3. The molecule has 26 heavy (non-hydrogen) atoms. The topological polar surface area (TPSA) is 70.2 Å². The molecular weight excluding hydrogens is 415 g/mol. The largest absolute Gasteiger partial charge is 0.417 e. The molecule has 1 atom stereocenters. The molecule has 138 valence electrons. The first-order chi connectivity index (χ1) is 12.2. The number of alkyl halides is 3. The maximum absolute atomic E-state index is 12.9. The van der Waals surface area contributed by atoms with Crippen molar-refractivity contribution in [3.05, 3.63) is 58.6 Å². The fourth-order valence-corrected chi connectivity index (χ4v) is 2.49. The number of anilines is 2. The van der Waals surface area contributed by atoms with E-state index in [4.69, 9.17) is 0 Å². The molecule has 0 spiro atoms. The van der Waals surface area contributed by atoms with E-state index in [-0.39, 0.29) is 10.2 Å². The smallest absolute Gasteiger partial charge is 0.326 e. The third-order valence-corrected chi connectivity index (χ3v) is 4.00. The van der Waals surface area contributed by atoms with E-state index in [1.54, 1.807) is 30.3 Å². The number of carbonyl (C=O) groups is 2. The Morgan fingerprint density at radius 3 is 2.27 bits per heavy atom. The number of rotatable bonds is 4. The van der Waals surface area contributed by atoms with Crippen molar-refractivity contribution in [1.82, 2.24) is 5.32 Å². The molecule has 0 saturated carbocycles. The normalized spacial score (nSPS) is 12.2. The van der Waals surface area contributed by atoms with Crippen LogP contribution in [0, 0.1) is 0 Å². The highest BCUT2D eigenvalue weighted by Crippen LogP contribution is 2.36. The van der Waals surface area contributed by atoms with Gasteiger partial charge in [0.2, 0.25) is 5.91 Å². The Labute approximate surface area is 156 Å². The van der Waals surface area contributed by atoms with Gasteiger partial charge in [-0.2, -0.15) is 13.2 Å². The van der Waals surface area contributed by atoms with Crippen molar-refractivity contribution in [3.8, 4) is 0 Å². The van der Waals surface area contributed by atoms with Crippen LogP contribution in [0.2, 0.25) is 0 Å². The fraction of sp³-hybridized carbons (Fsp3) is 0.176. The average molecular weight is 430 g/mol. The molecule has 0 aliphatic carbocycles. The van der Waals surface area contributed by atoms with Gasteiger partial charge in [-0.15, -0.1) is 0 Å². The second-order valence-electron chi connectivity index (χ2n) is 5.37. The van der Waals surface area contributed by atoms with E-state index >= 15 is 0 Å². The highest BCUT2D eigenvalue weighted by molar-refractivity contribution is 9.10. The van der Waals surface area contributed by atoms with Gasteiger partial charge in [0.15, 0.2) is 0 Å². The molecule has 0 heterocycles. The van der Waals surface area contributed by atoms with Crippen LogP contribution in [0.25, 0.3) is 0 Å². The number of hydrogen-bond acceptors (Lipinski definition) is 2. The van der Waals surface area contributed by atoms with E-state index < -0.39 is 29.7 Å². The molecule has 5 nitrogen and oxygen atoms in total. The van der Waals surface area contributed by atoms with Gasteiger partial charge in [0.25, 0.3) is 0 Å². The van der Waals surface area contributed by atoms with Crippen LogP contribution < -0.4 is 16.0 Å². The Morgan fingerprint density at radius 2 is 1.65 bits per heavy atom. The highest BCUT2D eigenvalue weighted by Gasteiger charge is 2.33. The van der Waals surface area contributed by atoms with Crippen LogP contribution in [0.1, 0.15) is 12.5 Å². The summed E-state index contributed by atoms with van der Waals surface area (Å²) < 4.78 is 38.6. The summed E-state index contributed by atoms with van der Waals surface area (Å²) in [6.07, 6.45) is -4.56. The van der Waals surface area contributed by atoms with E-state index in [1.807, 2.05) is 0 Å². The summed E-state index contributed by atoms with van der Waals surface area (Å²) in [7, 11) is 0. The monoisotopic (exact) mass is 429 g/mol. The number of carbonyl (C=O) groups excluding carboxylic acids is 2. The number of benzene rings is 2. The minimum Gasteiger partial charge on any atom is -0.326 e. The first kappa shape index (κ1) is 19.8. The van der Waals surface area contributed by atoms with Crippen molar-refractivity contribution in [2.75, 3.05) is 10.6 Å². The van der Waals surface area contributed by atoms with Gasteiger partial charge in [0.1, 0.15) is 6.04 Å². The van der Waals surface area contributed by atoms with Gasteiger partial charge >= 0.3 is 12.2 Å². The van der Waals surface area contributed by atoms with Crippen LogP contribution in [0.5, 0.6) is 0 Å². The van der Waals surface area contributed by atoms with Crippen molar-refractivity contribution in [3.63, 3.8) is 0 Å². The molecule has 1 unspecified atom stereocenters. The molecular formula is C17H15BrF3N3O2. The quantitative estimate of drug-likeness (QED) is 0.663. The van der Waals surface area contributed by atoms with Gasteiger partial charge < -0.3 is 16.0 Å². The lowest BCUT2D eigenvalue weighted by molar-refractivity contribution is -0.138. The van der Waals surface area contributed by atoms with Crippen molar-refractivity contribution in [2.45, 2.75) is 19.1 Å². The molecule has 2 aromatic rings. The van der Waals surface area contributed by atoms with Crippen LogP contribution >= 0.6 is 15.9 Å². The maximum Gasteiger partial charge on any atom is 0.417 e. The Morgan fingerprint density at radius 1 is 1.00 bits per heavy atom. The lowest BCUT2D eigenvalue weighted by Gasteiger charge is -2.16. The minimum absolute atomic E-state index is 0.0253. The summed E-state index contributed by atoms with van der Waals surface area (Å²) in [6, 6.07) is 10.4. The SMILES string of the molecule is CC(NC(=O)Nc1ccccc1)C(=O)Nc1ccc(Br)c(C(F)(F)F)c1. The molecule has 0 radical (unpaired) electrons. The van der Waals surface area contributed by atoms with Crippen molar-refractivity contribution in [2.24, 2.45) is 0 Å². The van der Waals surface area contributed by atoms with E-state index in [0.29, 0.717) is 5.69 Å². The minimum atomic E-state index is -4.56. The van der Waals surface area contributed by atoms with Gasteiger partial charge in [-0.25, -0.2) is 4.79 Å². The zero-order valence-corrected chi connectivity index (χ0v) is 15.1. The predicted molar refractivity (Wildman–Crippen MR) is 95.8 cm³/mol. The van der Waals surface area contributed by atoms with Gasteiger partial charge in [-0.1, -0.05) is 34.1 Å². The van der Waals surface area contributed by atoms with E-state index in [9.17, 15) is 22.8 Å². The molecule has 0 aliphatic rings. The molecule has 0 aromatic heterocycles. The van der Waals surface area contributed by atoms with Crippen molar-refractivity contribution >= 4 is 39.2 Å². The number of amides is 3. The molecule has 3 N–H and O–H groups in total. The molecule has 0 aliphatic heterocycles. The third-order valence-electron chi connectivity index (χ3n) is 3.31. The number of nitrogens with one attached hydrogen (secondary N) is 3. The third kappa shape index (κ3) is 5.48. The molecule has 3 amide bonds. The summed E-state index contributed by atoms with van der Waals surface area (Å²) in [4.78, 5) is 24.0. The molecule has 2 rings (SSSR count). The maximum atomic E-state index is 12.9. The van der Waals surface area contributed by atoms with Crippen LogP contribution in [0.15, 0.2) is 53.0 Å². The fourth-order valence-electron chi connectivity index (χ4n) is 2.02. The van der Waals surface area contributed by atoms with Crippen LogP contribution in [-0.4, -0.2) is 18.0 Å². The number of urea groups is 1. The summed E-state index contributed by atoms with van der Waals surface area (Å²) in [5.41, 5.74) is -0.388. The van der Waals surface area contributed by atoms with Gasteiger partial charge in [-0.05, 0) is 37.3 Å². The number of hydrogen-bond donors (Lipinski definition) is 3. The zero-order valence-electron chi connectivity index (χ0n) is 13.5. The number of halogens is 4. The second kappa shape index (κ2) is 8.22. The molecule has 0 bridgehead atoms. The van der Waals surface area contributed by atoms with E-state index in [2.05, 4.69) is 31.9 Å². The Kier molecular flexibility index (Phi) is 6.25. The van der Waals surface area contributed by atoms with E-state index in [0.717, 1.165) is 6.07 Å². The highest BCUT2D eigenvalue weighted by atomic mass is 79.9. The summed E-state index contributed by atoms with van der Waals surface area (Å²) in [5.74, 6) is -0.649. The summed E-state index contributed by atoms with van der Waals surface area (Å²) in [6.45, 7) is 1.42. The average Bonchev–Trinajstić information content (AvgIpc) is 2.56. The Bertz CT molecular complexity index is 798. The standard InChI is InChI=1S/C17H15BrF3N3O2/c1-10(22-16(26)24-11-5-3-2-4-6-11)15(25)23-12-7-8-14(18)13(9-12)17(19,20)21/h2-10H,1H3,(H,23,25)(H2,22,24,26). The Balaban J connectivity index is 1.98. The predicted octanol–water partition coefficient (Wildman–Crippen LogP) is 4.62. The summed E-state index contributed by atoms with van der Waals surface area (Å²) >= 11 is 2.83. The van der Waals surface area contributed by atoms with Crippen molar-refractivity contribution < 1.29 is 22.8 Å². The van der Waals surface area contributed by atoms with Crippen molar-refractivity contribution in [1.29, 1.82) is 0 Å².